The average molecular weight is 595 g/mol. The number of nitrogens with one attached hydrogen (secondary N) is 2. The van der Waals surface area contributed by atoms with Crippen LogP contribution in [0.2, 0.25) is 5.02 Å². The van der Waals surface area contributed by atoms with E-state index in [1.54, 1.807) is 18.2 Å². The Morgan fingerprint density at radius 1 is 1.11 bits per heavy atom. The minimum absolute atomic E-state index is 0.0828. The van der Waals surface area contributed by atoms with Crippen molar-refractivity contribution in [3.63, 3.8) is 0 Å². The second kappa shape index (κ2) is 10.1. The Hall–Kier alpha value is -3.46. The largest absolute Gasteiger partial charge is 0.495 e. The number of carbonyl (C=O) groups is 1. The predicted molar refractivity (Wildman–Crippen MR) is 156 cm³/mol. The Morgan fingerprint density at radius 3 is 2.68 bits per heavy atom. The van der Waals surface area contributed by atoms with Crippen LogP contribution in [0.15, 0.2) is 69.6 Å². The highest BCUT2D eigenvalue weighted by Gasteiger charge is 2.20. The first kappa shape index (κ1) is 25.2. The first-order chi connectivity index (χ1) is 17.7. The number of nitrogens with zero attached hydrogens (tertiary/aromatic N) is 1. The van der Waals surface area contributed by atoms with Crippen LogP contribution in [0.3, 0.4) is 0 Å². The second-order valence-corrected chi connectivity index (χ2v) is 10.2. The molecule has 0 aliphatic carbocycles. The number of aromatic nitrogens is 1. The Balaban J connectivity index is 1.40. The third-order valence-electron chi connectivity index (χ3n) is 5.90. The fraction of sp³-hybridized carbons (Fsp3) is 0.107. The van der Waals surface area contributed by atoms with Crippen LogP contribution in [-0.2, 0) is 0 Å². The molecule has 5 aromatic rings. The SMILES string of the molecule is COc1c(C(=O)NC(=S)Nc2cc(-c3nc4cc(C)cc(C)c4o3)ccc2Cl)cc2ccccc2c1Br. The molecule has 6 nitrogen and oxygen atoms in total. The number of hydrogen-bond acceptors (Lipinski definition) is 5. The van der Waals surface area contributed by atoms with Gasteiger partial charge in [-0.3, -0.25) is 10.1 Å². The number of rotatable bonds is 4. The van der Waals surface area contributed by atoms with Crippen molar-refractivity contribution < 1.29 is 13.9 Å². The van der Waals surface area contributed by atoms with Gasteiger partial charge in [0.15, 0.2) is 10.7 Å². The summed E-state index contributed by atoms with van der Waals surface area (Å²) in [5.74, 6) is 0.461. The first-order valence-corrected chi connectivity index (χ1v) is 12.9. The van der Waals surface area contributed by atoms with Gasteiger partial charge in [-0.2, -0.15) is 0 Å². The van der Waals surface area contributed by atoms with Crippen molar-refractivity contribution >= 4 is 78.3 Å². The first-order valence-electron chi connectivity index (χ1n) is 11.3. The lowest BCUT2D eigenvalue weighted by molar-refractivity contribution is 0.0975. The molecule has 0 fully saturated rings. The monoisotopic (exact) mass is 593 g/mol. The van der Waals surface area contributed by atoms with Crippen LogP contribution >= 0.6 is 39.7 Å². The lowest BCUT2D eigenvalue weighted by Crippen LogP contribution is -2.34. The van der Waals surface area contributed by atoms with Crippen molar-refractivity contribution in [3.8, 4) is 17.2 Å². The average Bonchev–Trinajstić information content (AvgIpc) is 3.29. The van der Waals surface area contributed by atoms with Crippen LogP contribution in [-0.4, -0.2) is 23.1 Å². The summed E-state index contributed by atoms with van der Waals surface area (Å²) in [6.07, 6.45) is 0. The summed E-state index contributed by atoms with van der Waals surface area (Å²) in [4.78, 5) is 17.8. The van der Waals surface area contributed by atoms with Gasteiger partial charge in [0, 0.05) is 5.56 Å². The number of fused-ring (bicyclic) bond motifs is 2. The van der Waals surface area contributed by atoms with Gasteiger partial charge >= 0.3 is 0 Å². The molecule has 0 unspecified atom stereocenters. The zero-order valence-corrected chi connectivity index (χ0v) is 23.3. The minimum Gasteiger partial charge on any atom is -0.495 e. The van der Waals surface area contributed by atoms with Gasteiger partial charge in [0.1, 0.15) is 11.3 Å². The maximum Gasteiger partial charge on any atom is 0.261 e. The maximum atomic E-state index is 13.2. The van der Waals surface area contributed by atoms with E-state index in [1.165, 1.54) is 7.11 Å². The van der Waals surface area contributed by atoms with Crippen molar-refractivity contribution in [1.82, 2.24) is 10.3 Å². The summed E-state index contributed by atoms with van der Waals surface area (Å²) in [7, 11) is 1.52. The molecular weight excluding hydrogens is 574 g/mol. The van der Waals surface area contributed by atoms with E-state index < -0.39 is 5.91 Å². The predicted octanol–water partition coefficient (Wildman–Crippen LogP) is 7.82. The van der Waals surface area contributed by atoms with Crippen LogP contribution < -0.4 is 15.4 Å². The molecule has 0 aliphatic heterocycles. The number of halogens is 2. The van der Waals surface area contributed by atoms with Crippen molar-refractivity contribution in [2.75, 3.05) is 12.4 Å². The quantitative estimate of drug-likeness (QED) is 0.207. The van der Waals surface area contributed by atoms with E-state index in [0.29, 0.717) is 32.4 Å². The van der Waals surface area contributed by atoms with Gasteiger partial charge in [-0.1, -0.05) is 41.9 Å². The Morgan fingerprint density at radius 2 is 1.89 bits per heavy atom. The number of methoxy groups -OCH3 is 1. The Bertz CT molecular complexity index is 1720. The molecule has 1 heterocycles. The summed E-state index contributed by atoms with van der Waals surface area (Å²) in [5.41, 5.74) is 5.22. The summed E-state index contributed by atoms with van der Waals surface area (Å²) >= 11 is 15.4. The number of benzene rings is 4. The topological polar surface area (TPSA) is 76.4 Å². The number of ether oxygens (including phenoxy) is 1. The zero-order valence-electron chi connectivity index (χ0n) is 20.1. The van der Waals surface area contributed by atoms with Gasteiger partial charge in [0.2, 0.25) is 5.89 Å². The fourth-order valence-corrected chi connectivity index (χ4v) is 5.33. The number of carbonyl (C=O) groups excluding carboxylic acids is 1. The van der Waals surface area contributed by atoms with Crippen molar-refractivity contribution in [2.24, 2.45) is 0 Å². The Labute approximate surface area is 232 Å². The molecule has 0 saturated heterocycles. The number of hydrogen-bond donors (Lipinski definition) is 2. The summed E-state index contributed by atoms with van der Waals surface area (Å²) < 4.78 is 12.2. The normalized spacial score (nSPS) is 11.1. The molecule has 37 heavy (non-hydrogen) atoms. The van der Waals surface area contributed by atoms with Crippen molar-refractivity contribution in [2.45, 2.75) is 13.8 Å². The Kier molecular flexibility index (Phi) is 6.90. The molecule has 0 radical (unpaired) electrons. The van der Waals surface area contributed by atoms with E-state index in [4.69, 9.17) is 33.0 Å². The van der Waals surface area contributed by atoms with Crippen LogP contribution in [0.25, 0.3) is 33.3 Å². The van der Waals surface area contributed by atoms with E-state index in [-0.39, 0.29) is 5.11 Å². The van der Waals surface area contributed by atoms with Gasteiger partial charge < -0.3 is 14.5 Å². The van der Waals surface area contributed by atoms with Gasteiger partial charge in [-0.05, 0) is 94.2 Å². The lowest BCUT2D eigenvalue weighted by Gasteiger charge is -2.15. The zero-order chi connectivity index (χ0) is 26.3. The van der Waals surface area contributed by atoms with Crippen LogP contribution in [0.1, 0.15) is 21.5 Å². The highest BCUT2D eigenvalue weighted by Crippen LogP contribution is 2.37. The van der Waals surface area contributed by atoms with Gasteiger partial charge in [-0.15, -0.1) is 0 Å². The van der Waals surface area contributed by atoms with E-state index >= 15 is 0 Å². The number of oxazole rings is 1. The molecular formula is C28H21BrClN3O3S. The number of thiocarbonyl (C=S) groups is 1. The molecule has 0 atom stereocenters. The minimum atomic E-state index is -0.419. The number of aryl methyl sites for hydroxylation is 2. The molecule has 0 aliphatic rings. The lowest BCUT2D eigenvalue weighted by atomic mass is 10.1. The van der Waals surface area contributed by atoms with Crippen molar-refractivity contribution in [3.05, 3.63) is 86.8 Å². The second-order valence-electron chi connectivity index (χ2n) is 8.54. The highest BCUT2D eigenvalue weighted by molar-refractivity contribution is 9.10. The van der Waals surface area contributed by atoms with Crippen LogP contribution in [0.5, 0.6) is 5.75 Å². The highest BCUT2D eigenvalue weighted by atomic mass is 79.9. The summed E-state index contributed by atoms with van der Waals surface area (Å²) in [6.45, 7) is 4.01. The molecule has 186 valence electrons. The molecule has 5 rings (SSSR count). The standard InChI is InChI=1S/C28H21BrClN3O3S/c1-14-10-15(2)24-22(11-14)31-27(36-24)17-8-9-20(30)21(13-17)32-28(37)33-26(34)19-12-16-6-4-5-7-18(16)23(29)25(19)35-3/h4-13H,1-3H3,(H2,32,33,34,37). The summed E-state index contributed by atoms with van der Waals surface area (Å²) in [6, 6.07) is 18.8. The molecule has 4 aromatic carbocycles. The molecule has 0 spiro atoms. The van der Waals surface area contributed by atoms with E-state index in [9.17, 15) is 4.79 Å². The fourth-order valence-electron chi connectivity index (χ4n) is 4.23. The van der Waals surface area contributed by atoms with Crippen molar-refractivity contribution in [1.29, 1.82) is 0 Å². The third-order valence-corrected chi connectivity index (χ3v) is 7.22. The number of anilines is 1. The molecule has 9 heteroatoms. The molecule has 1 amide bonds. The third kappa shape index (κ3) is 4.92. The molecule has 0 saturated carbocycles. The smallest absolute Gasteiger partial charge is 0.261 e. The molecule has 0 bridgehead atoms. The maximum absolute atomic E-state index is 13.2. The van der Waals surface area contributed by atoms with Gasteiger partial charge in [0.25, 0.3) is 5.91 Å². The van der Waals surface area contributed by atoms with Crippen LogP contribution in [0.4, 0.5) is 5.69 Å². The van der Waals surface area contributed by atoms with E-state index in [1.807, 2.05) is 50.2 Å². The van der Waals surface area contributed by atoms with E-state index in [2.05, 4.69) is 37.6 Å². The molecule has 2 N–H and O–H groups in total. The number of amides is 1. The van der Waals surface area contributed by atoms with Gasteiger partial charge in [0.05, 0.1) is 27.9 Å². The molecule has 1 aromatic heterocycles. The summed E-state index contributed by atoms with van der Waals surface area (Å²) in [5, 5.41) is 8.06. The van der Waals surface area contributed by atoms with E-state index in [0.717, 1.165) is 38.6 Å². The van der Waals surface area contributed by atoms with Crippen LogP contribution in [0, 0.1) is 13.8 Å². The van der Waals surface area contributed by atoms with Gasteiger partial charge in [-0.25, -0.2) is 4.98 Å².